The second-order valence-corrected chi connectivity index (χ2v) is 10.4. The van der Waals surface area contributed by atoms with Gasteiger partial charge in [0.05, 0.1) is 17.9 Å². The molecule has 0 bridgehead atoms. The van der Waals surface area contributed by atoms with Gasteiger partial charge in [0.15, 0.2) is 0 Å². The van der Waals surface area contributed by atoms with E-state index >= 15 is 0 Å². The molecule has 2 saturated heterocycles. The number of methoxy groups -OCH3 is 1. The van der Waals surface area contributed by atoms with Crippen molar-refractivity contribution in [2.45, 2.75) is 18.2 Å². The monoisotopic (exact) mass is 486 g/mol. The Morgan fingerprint density at radius 3 is 2.53 bits per heavy atom. The van der Waals surface area contributed by atoms with Crippen LogP contribution in [0.5, 0.6) is 5.75 Å². The molecule has 182 valence electrons. The van der Waals surface area contributed by atoms with E-state index in [0.717, 1.165) is 6.54 Å². The second kappa shape index (κ2) is 10.1. The molecule has 4 rings (SSSR count). The van der Waals surface area contributed by atoms with E-state index < -0.39 is 15.9 Å². The number of sulfonamides is 1. The number of hydrogen-bond donors (Lipinski definition) is 1. The minimum absolute atomic E-state index is 0.0861. The molecule has 0 aliphatic carbocycles. The Hall–Kier alpha value is -2.95. The molecule has 1 atom stereocenters. The van der Waals surface area contributed by atoms with Crippen LogP contribution >= 0.6 is 0 Å². The average Bonchev–Trinajstić information content (AvgIpc) is 3.26. The fourth-order valence-electron chi connectivity index (χ4n) is 4.32. The van der Waals surface area contributed by atoms with Crippen LogP contribution in [0.4, 0.5) is 11.4 Å². The van der Waals surface area contributed by atoms with Crippen LogP contribution in [0.2, 0.25) is 0 Å². The lowest BCUT2D eigenvalue weighted by molar-refractivity contribution is -0.122. The predicted octanol–water partition coefficient (Wildman–Crippen LogP) is 2.01. The first-order chi connectivity index (χ1) is 16.3. The minimum atomic E-state index is -3.65. The van der Waals surface area contributed by atoms with Crippen LogP contribution in [-0.4, -0.2) is 75.8 Å². The molecule has 2 aliphatic rings. The maximum absolute atomic E-state index is 13.1. The molecular formula is C24H30N4O5S. The smallest absolute Gasteiger partial charge is 0.243 e. The Morgan fingerprint density at radius 1 is 1.09 bits per heavy atom. The molecule has 10 heteroatoms. The Balaban J connectivity index is 1.43. The molecule has 1 N–H and O–H groups in total. The average molecular weight is 487 g/mol. The van der Waals surface area contributed by atoms with E-state index in [0.29, 0.717) is 43.3 Å². The summed E-state index contributed by atoms with van der Waals surface area (Å²) in [7, 11) is -2.09. The van der Waals surface area contributed by atoms with Crippen molar-refractivity contribution < 1.29 is 22.7 Å². The maximum atomic E-state index is 13.1. The number of nitrogens with one attached hydrogen (secondary N) is 1. The fraction of sp³-hybridized carbons (Fsp3) is 0.417. The molecule has 34 heavy (non-hydrogen) atoms. The van der Waals surface area contributed by atoms with Crippen molar-refractivity contribution in [2.75, 3.05) is 56.6 Å². The van der Waals surface area contributed by atoms with Crippen molar-refractivity contribution in [3.05, 3.63) is 48.5 Å². The topological polar surface area (TPSA) is 99.3 Å². The summed E-state index contributed by atoms with van der Waals surface area (Å²) >= 11 is 0. The normalized spacial score (nSPS) is 19.9. The number of benzene rings is 2. The number of rotatable bonds is 7. The van der Waals surface area contributed by atoms with E-state index in [1.54, 1.807) is 54.5 Å². The molecule has 2 aromatic carbocycles. The SMILES string of the molecule is CCN1CCN(S(=O)(=O)c2cccc(NC(=O)[C@H]3CC(=O)N(c4cccc(OC)c4)C3)c2)CC1. The van der Waals surface area contributed by atoms with Gasteiger partial charge in [0.2, 0.25) is 21.8 Å². The zero-order valence-electron chi connectivity index (χ0n) is 19.4. The van der Waals surface area contributed by atoms with Crippen molar-refractivity contribution >= 4 is 33.2 Å². The van der Waals surface area contributed by atoms with Gasteiger partial charge in [0, 0.05) is 56.6 Å². The lowest BCUT2D eigenvalue weighted by Crippen LogP contribution is -2.48. The number of carbonyl (C=O) groups is 2. The summed E-state index contributed by atoms with van der Waals surface area (Å²) < 4.78 is 32.9. The van der Waals surface area contributed by atoms with Crippen molar-refractivity contribution in [3.8, 4) is 5.75 Å². The van der Waals surface area contributed by atoms with E-state index in [4.69, 9.17) is 4.74 Å². The highest BCUT2D eigenvalue weighted by Crippen LogP contribution is 2.29. The summed E-state index contributed by atoms with van der Waals surface area (Å²) in [5, 5.41) is 2.80. The molecule has 2 heterocycles. The van der Waals surface area contributed by atoms with E-state index in [2.05, 4.69) is 17.1 Å². The van der Waals surface area contributed by atoms with Gasteiger partial charge < -0.3 is 19.9 Å². The van der Waals surface area contributed by atoms with Gasteiger partial charge in [-0.2, -0.15) is 4.31 Å². The van der Waals surface area contributed by atoms with Gasteiger partial charge in [0.1, 0.15) is 5.75 Å². The molecule has 2 amide bonds. The Labute approximate surface area is 200 Å². The Kier molecular flexibility index (Phi) is 7.20. The van der Waals surface area contributed by atoms with Crippen LogP contribution in [0.15, 0.2) is 53.4 Å². The first-order valence-corrected chi connectivity index (χ1v) is 12.8. The third-order valence-electron chi connectivity index (χ3n) is 6.38. The van der Waals surface area contributed by atoms with Crippen LogP contribution in [0.25, 0.3) is 0 Å². The molecule has 0 saturated carbocycles. The van der Waals surface area contributed by atoms with Crippen LogP contribution in [0.1, 0.15) is 13.3 Å². The van der Waals surface area contributed by atoms with Crippen LogP contribution in [-0.2, 0) is 19.6 Å². The minimum Gasteiger partial charge on any atom is -0.497 e. The van der Waals surface area contributed by atoms with Gasteiger partial charge in [-0.25, -0.2) is 8.42 Å². The summed E-state index contributed by atoms with van der Waals surface area (Å²) in [6, 6.07) is 13.4. The Bertz CT molecular complexity index is 1160. The lowest BCUT2D eigenvalue weighted by atomic mass is 10.1. The van der Waals surface area contributed by atoms with Gasteiger partial charge in [-0.3, -0.25) is 9.59 Å². The van der Waals surface area contributed by atoms with E-state index in [1.807, 2.05) is 0 Å². The number of likely N-dealkylation sites (N-methyl/N-ethyl adjacent to an activating group) is 1. The van der Waals surface area contributed by atoms with E-state index in [1.165, 1.54) is 10.4 Å². The zero-order chi connectivity index (χ0) is 24.3. The number of piperazine rings is 1. The highest BCUT2D eigenvalue weighted by molar-refractivity contribution is 7.89. The van der Waals surface area contributed by atoms with E-state index in [9.17, 15) is 18.0 Å². The highest BCUT2D eigenvalue weighted by Gasteiger charge is 2.35. The quantitative estimate of drug-likeness (QED) is 0.643. The van der Waals surface area contributed by atoms with Crippen LogP contribution < -0.4 is 15.0 Å². The van der Waals surface area contributed by atoms with Crippen molar-refractivity contribution in [2.24, 2.45) is 5.92 Å². The predicted molar refractivity (Wildman–Crippen MR) is 129 cm³/mol. The van der Waals surface area contributed by atoms with Crippen LogP contribution in [0, 0.1) is 5.92 Å². The molecule has 2 fully saturated rings. The molecule has 2 aliphatic heterocycles. The first-order valence-electron chi connectivity index (χ1n) is 11.4. The van der Waals surface area contributed by atoms with Gasteiger partial charge in [0.25, 0.3) is 0 Å². The third kappa shape index (κ3) is 5.08. The summed E-state index contributed by atoms with van der Waals surface area (Å²) in [5.41, 5.74) is 1.07. The summed E-state index contributed by atoms with van der Waals surface area (Å²) in [6.45, 7) is 5.49. The lowest BCUT2D eigenvalue weighted by Gasteiger charge is -2.33. The van der Waals surface area contributed by atoms with E-state index in [-0.39, 0.29) is 29.7 Å². The Morgan fingerprint density at radius 2 is 1.82 bits per heavy atom. The molecular weight excluding hydrogens is 456 g/mol. The number of nitrogens with zero attached hydrogens (tertiary/aromatic N) is 3. The number of carbonyl (C=O) groups excluding carboxylic acids is 2. The van der Waals surface area contributed by atoms with Crippen molar-refractivity contribution in [3.63, 3.8) is 0 Å². The molecule has 2 aromatic rings. The molecule has 0 spiro atoms. The van der Waals surface area contributed by atoms with Gasteiger partial charge in [-0.1, -0.05) is 19.1 Å². The number of hydrogen-bond acceptors (Lipinski definition) is 6. The summed E-state index contributed by atoms with van der Waals surface area (Å²) in [6.07, 6.45) is 0.0861. The highest BCUT2D eigenvalue weighted by atomic mass is 32.2. The first kappa shape index (κ1) is 24.2. The fourth-order valence-corrected chi connectivity index (χ4v) is 5.79. The second-order valence-electron chi connectivity index (χ2n) is 8.46. The van der Waals surface area contributed by atoms with Crippen molar-refractivity contribution in [1.29, 1.82) is 0 Å². The molecule has 0 aromatic heterocycles. The van der Waals surface area contributed by atoms with Gasteiger partial charge in [-0.05, 0) is 36.9 Å². The van der Waals surface area contributed by atoms with Crippen LogP contribution in [0.3, 0.4) is 0 Å². The summed E-state index contributed by atoms with van der Waals surface area (Å²) in [4.78, 5) is 29.4. The number of amides is 2. The molecule has 0 unspecified atom stereocenters. The standard InChI is InChI=1S/C24H30N4O5S/c1-3-26-10-12-27(13-11-26)34(31,32)22-9-4-6-19(15-22)25-24(30)18-14-23(29)28(17-18)20-7-5-8-21(16-20)33-2/h4-9,15-16,18H,3,10-14,17H2,1-2H3,(H,25,30)/t18-/m0/s1. The maximum Gasteiger partial charge on any atom is 0.243 e. The van der Waals surface area contributed by atoms with Gasteiger partial charge in [-0.15, -0.1) is 0 Å². The largest absolute Gasteiger partial charge is 0.497 e. The summed E-state index contributed by atoms with van der Waals surface area (Å²) in [5.74, 6) is -0.366. The molecule has 0 radical (unpaired) electrons. The number of anilines is 2. The number of ether oxygens (including phenoxy) is 1. The third-order valence-corrected chi connectivity index (χ3v) is 8.27. The van der Waals surface area contributed by atoms with Gasteiger partial charge >= 0.3 is 0 Å². The van der Waals surface area contributed by atoms with Crippen molar-refractivity contribution in [1.82, 2.24) is 9.21 Å². The zero-order valence-corrected chi connectivity index (χ0v) is 20.3. The molecule has 9 nitrogen and oxygen atoms in total.